The molecule has 1 rings (SSSR count). The molecule has 2 heteroatoms. The van der Waals surface area contributed by atoms with Crippen molar-refractivity contribution in [2.24, 2.45) is 11.7 Å². The Morgan fingerprint density at radius 3 is 2.77 bits per heavy atom. The van der Waals surface area contributed by atoms with Gasteiger partial charge in [0.15, 0.2) is 0 Å². The van der Waals surface area contributed by atoms with Crippen molar-refractivity contribution in [2.45, 2.75) is 51.5 Å². The number of nitrogens with one attached hydrogen (secondary N) is 1. The molecule has 13 heavy (non-hydrogen) atoms. The van der Waals surface area contributed by atoms with Crippen molar-refractivity contribution in [3.05, 3.63) is 0 Å². The Morgan fingerprint density at radius 1 is 1.23 bits per heavy atom. The van der Waals surface area contributed by atoms with E-state index in [9.17, 15) is 0 Å². The van der Waals surface area contributed by atoms with Crippen LogP contribution in [0.25, 0.3) is 0 Å². The Hall–Kier alpha value is -0.0800. The Morgan fingerprint density at radius 2 is 2.00 bits per heavy atom. The minimum absolute atomic E-state index is 0.451. The molecule has 0 aromatic rings. The van der Waals surface area contributed by atoms with Crippen molar-refractivity contribution >= 4 is 0 Å². The molecule has 2 nitrogen and oxygen atoms in total. The molecule has 0 radical (unpaired) electrons. The smallest absolute Gasteiger partial charge is 0.00792 e. The van der Waals surface area contributed by atoms with Crippen LogP contribution in [-0.4, -0.2) is 19.1 Å². The fraction of sp³-hybridized carbons (Fsp3) is 1.00. The van der Waals surface area contributed by atoms with E-state index in [1.807, 2.05) is 0 Å². The maximum Gasteiger partial charge on any atom is 0.00792 e. The molecule has 2 unspecified atom stereocenters. The molecule has 0 amide bonds. The van der Waals surface area contributed by atoms with E-state index in [4.69, 9.17) is 5.73 Å². The van der Waals surface area contributed by atoms with Gasteiger partial charge in [-0.1, -0.05) is 26.2 Å². The summed E-state index contributed by atoms with van der Waals surface area (Å²) in [6.07, 6.45) is 7.90. The molecule has 0 aromatic heterocycles. The van der Waals surface area contributed by atoms with E-state index in [0.717, 1.165) is 19.0 Å². The minimum Gasteiger partial charge on any atom is -0.327 e. The average molecular weight is 184 g/mol. The maximum atomic E-state index is 6.12. The highest BCUT2D eigenvalue weighted by atomic mass is 14.9. The second-order valence-corrected chi connectivity index (χ2v) is 4.27. The van der Waals surface area contributed by atoms with E-state index in [1.165, 1.54) is 38.5 Å². The molecule has 0 aromatic carbocycles. The summed E-state index contributed by atoms with van der Waals surface area (Å²) in [4.78, 5) is 0. The first-order valence-corrected chi connectivity index (χ1v) is 5.81. The molecule has 0 saturated heterocycles. The summed E-state index contributed by atoms with van der Waals surface area (Å²) in [5.74, 6) is 0.731. The quantitative estimate of drug-likeness (QED) is 0.517. The summed E-state index contributed by atoms with van der Waals surface area (Å²) < 4.78 is 0. The molecule has 78 valence electrons. The van der Waals surface area contributed by atoms with Gasteiger partial charge in [-0.3, -0.25) is 0 Å². The number of nitrogens with two attached hydrogens (primary N) is 1. The van der Waals surface area contributed by atoms with Crippen LogP contribution in [0.4, 0.5) is 0 Å². The topological polar surface area (TPSA) is 38.0 Å². The molecule has 1 fully saturated rings. The van der Waals surface area contributed by atoms with Gasteiger partial charge in [0.05, 0.1) is 0 Å². The van der Waals surface area contributed by atoms with E-state index < -0.39 is 0 Å². The van der Waals surface area contributed by atoms with Crippen molar-refractivity contribution in [3.63, 3.8) is 0 Å². The highest BCUT2D eigenvalue weighted by molar-refractivity contribution is 4.77. The molecule has 2 atom stereocenters. The van der Waals surface area contributed by atoms with Crippen LogP contribution in [-0.2, 0) is 0 Å². The molecule has 1 aliphatic rings. The summed E-state index contributed by atoms with van der Waals surface area (Å²) in [6.45, 7) is 4.48. The van der Waals surface area contributed by atoms with Crippen LogP contribution in [0.3, 0.4) is 0 Å². The van der Waals surface area contributed by atoms with Crippen LogP contribution >= 0.6 is 0 Å². The third-order valence-electron chi connectivity index (χ3n) is 3.05. The predicted molar refractivity (Wildman–Crippen MR) is 57.7 cm³/mol. The summed E-state index contributed by atoms with van der Waals surface area (Å²) in [7, 11) is 0. The van der Waals surface area contributed by atoms with Crippen LogP contribution in [0.5, 0.6) is 0 Å². The SMILES string of the molecule is CCCNCC1CCCCCC1N. The van der Waals surface area contributed by atoms with Crippen molar-refractivity contribution in [2.75, 3.05) is 13.1 Å². The van der Waals surface area contributed by atoms with Gasteiger partial charge >= 0.3 is 0 Å². The molecule has 1 aliphatic carbocycles. The molecule has 1 saturated carbocycles. The van der Waals surface area contributed by atoms with Gasteiger partial charge in [0, 0.05) is 6.04 Å². The molecule has 0 heterocycles. The van der Waals surface area contributed by atoms with Gasteiger partial charge in [-0.25, -0.2) is 0 Å². The van der Waals surface area contributed by atoms with Gasteiger partial charge < -0.3 is 11.1 Å². The molecule has 0 bridgehead atoms. The molecule has 3 N–H and O–H groups in total. The predicted octanol–water partition coefficient (Wildman–Crippen LogP) is 1.89. The van der Waals surface area contributed by atoms with Crippen LogP contribution in [0.2, 0.25) is 0 Å². The first-order valence-electron chi connectivity index (χ1n) is 5.81. The van der Waals surface area contributed by atoms with Gasteiger partial charge in [-0.15, -0.1) is 0 Å². The van der Waals surface area contributed by atoms with Gasteiger partial charge in [0.1, 0.15) is 0 Å². The Balaban J connectivity index is 2.19. The first kappa shape index (κ1) is 11.0. The lowest BCUT2D eigenvalue weighted by molar-refractivity contribution is 0.375. The lowest BCUT2D eigenvalue weighted by Gasteiger charge is -2.21. The Labute approximate surface area is 82.3 Å². The van der Waals surface area contributed by atoms with E-state index in [0.29, 0.717) is 6.04 Å². The van der Waals surface area contributed by atoms with Crippen molar-refractivity contribution < 1.29 is 0 Å². The van der Waals surface area contributed by atoms with Crippen LogP contribution in [0.1, 0.15) is 45.4 Å². The maximum absolute atomic E-state index is 6.12. The van der Waals surface area contributed by atoms with E-state index >= 15 is 0 Å². The Kier molecular flexibility index (Phi) is 5.40. The summed E-state index contributed by atoms with van der Waals surface area (Å²) in [6, 6.07) is 0.451. The van der Waals surface area contributed by atoms with E-state index in [-0.39, 0.29) is 0 Å². The first-order chi connectivity index (χ1) is 6.34. The molecular weight excluding hydrogens is 160 g/mol. The number of hydrogen-bond donors (Lipinski definition) is 2. The van der Waals surface area contributed by atoms with E-state index in [2.05, 4.69) is 12.2 Å². The average Bonchev–Trinajstić information content (AvgIpc) is 2.32. The van der Waals surface area contributed by atoms with Crippen LogP contribution < -0.4 is 11.1 Å². The zero-order valence-electron chi connectivity index (χ0n) is 8.89. The van der Waals surface area contributed by atoms with Crippen molar-refractivity contribution in [1.29, 1.82) is 0 Å². The third-order valence-corrected chi connectivity index (χ3v) is 3.05. The zero-order valence-corrected chi connectivity index (χ0v) is 8.89. The number of rotatable bonds is 4. The number of hydrogen-bond acceptors (Lipinski definition) is 2. The van der Waals surface area contributed by atoms with Gasteiger partial charge in [0.2, 0.25) is 0 Å². The second kappa shape index (κ2) is 6.39. The summed E-state index contributed by atoms with van der Waals surface area (Å²) in [5.41, 5.74) is 6.12. The van der Waals surface area contributed by atoms with Gasteiger partial charge in [0.25, 0.3) is 0 Å². The third kappa shape index (κ3) is 4.10. The van der Waals surface area contributed by atoms with Crippen LogP contribution in [0, 0.1) is 5.92 Å². The molecule has 0 aliphatic heterocycles. The van der Waals surface area contributed by atoms with E-state index in [1.54, 1.807) is 0 Å². The van der Waals surface area contributed by atoms with Crippen molar-refractivity contribution in [3.8, 4) is 0 Å². The van der Waals surface area contributed by atoms with Gasteiger partial charge in [-0.2, -0.15) is 0 Å². The normalized spacial score (nSPS) is 30.0. The monoisotopic (exact) mass is 184 g/mol. The highest BCUT2D eigenvalue weighted by Crippen LogP contribution is 2.21. The largest absolute Gasteiger partial charge is 0.327 e. The molecular formula is C11H24N2. The zero-order chi connectivity index (χ0) is 9.52. The molecule has 0 spiro atoms. The fourth-order valence-electron chi connectivity index (χ4n) is 2.13. The van der Waals surface area contributed by atoms with Gasteiger partial charge in [-0.05, 0) is 38.3 Å². The standard InChI is InChI=1S/C11H24N2/c1-2-8-13-9-10-6-4-3-5-7-11(10)12/h10-11,13H,2-9,12H2,1H3. The summed E-state index contributed by atoms with van der Waals surface area (Å²) >= 11 is 0. The lowest BCUT2D eigenvalue weighted by atomic mass is 9.95. The lowest BCUT2D eigenvalue weighted by Crippen LogP contribution is -2.36. The van der Waals surface area contributed by atoms with Crippen molar-refractivity contribution in [1.82, 2.24) is 5.32 Å². The van der Waals surface area contributed by atoms with Crippen LogP contribution in [0.15, 0.2) is 0 Å². The Bertz CT molecular complexity index is 125. The second-order valence-electron chi connectivity index (χ2n) is 4.27. The minimum atomic E-state index is 0.451. The highest BCUT2D eigenvalue weighted by Gasteiger charge is 2.19. The fourth-order valence-corrected chi connectivity index (χ4v) is 2.13. The summed E-state index contributed by atoms with van der Waals surface area (Å²) in [5, 5.41) is 3.48.